The van der Waals surface area contributed by atoms with E-state index in [1.807, 2.05) is 29.2 Å². The Morgan fingerprint density at radius 1 is 1.03 bits per heavy atom. The van der Waals surface area contributed by atoms with Crippen LogP contribution in [0, 0.1) is 11.3 Å². The lowest BCUT2D eigenvalue weighted by molar-refractivity contribution is -0.151. The number of nitrogens with two attached hydrogens (primary N) is 1. The average Bonchev–Trinajstić information content (AvgIpc) is 2.88. The van der Waals surface area contributed by atoms with Gasteiger partial charge in [-0.1, -0.05) is 6.07 Å². The third-order valence-corrected chi connectivity index (χ3v) is 6.43. The third-order valence-electron chi connectivity index (χ3n) is 6.43. The predicted octanol–water partition coefficient (Wildman–Crippen LogP) is 2.74. The maximum absolute atomic E-state index is 12.7. The Kier molecular flexibility index (Phi) is 11.2. The highest BCUT2D eigenvalue weighted by Gasteiger charge is 2.30. The number of piperazine rings is 1. The summed E-state index contributed by atoms with van der Waals surface area (Å²) in [4.78, 5) is 37.6. The van der Waals surface area contributed by atoms with Crippen molar-refractivity contribution in [2.45, 2.75) is 38.3 Å². The van der Waals surface area contributed by atoms with Crippen molar-refractivity contribution >= 4 is 48.5 Å². The van der Waals surface area contributed by atoms with Gasteiger partial charge in [0, 0.05) is 50.2 Å². The van der Waals surface area contributed by atoms with Gasteiger partial charge in [0.15, 0.2) is 0 Å². The average molecular weight is 538 g/mol. The molecule has 0 aromatic carbocycles. The number of carbonyl (C=O) groups excluding carboxylic acids is 2. The van der Waals surface area contributed by atoms with Crippen LogP contribution in [-0.4, -0.2) is 64.9 Å². The number of rotatable bonds is 6. The summed E-state index contributed by atoms with van der Waals surface area (Å²) in [7, 11) is 0. The molecule has 0 bridgehead atoms. The monoisotopic (exact) mass is 537 g/mol. The van der Waals surface area contributed by atoms with E-state index in [-0.39, 0.29) is 61.2 Å². The summed E-state index contributed by atoms with van der Waals surface area (Å²) in [6.45, 7) is 2.79. The van der Waals surface area contributed by atoms with E-state index < -0.39 is 0 Å². The number of ether oxygens (including phenoxy) is 1. The first-order chi connectivity index (χ1) is 16.5. The number of anilines is 1. The van der Waals surface area contributed by atoms with Crippen LogP contribution in [0.4, 0.5) is 10.6 Å². The normalized spacial score (nSPS) is 19.3. The molecular formula is C24H33Cl2N7O3. The fourth-order valence-electron chi connectivity index (χ4n) is 4.36. The van der Waals surface area contributed by atoms with Crippen molar-refractivity contribution in [3.8, 4) is 0 Å². The highest BCUT2D eigenvalue weighted by atomic mass is 35.5. The second-order valence-corrected chi connectivity index (χ2v) is 8.72. The van der Waals surface area contributed by atoms with E-state index in [1.54, 1.807) is 18.5 Å². The van der Waals surface area contributed by atoms with Crippen LogP contribution in [0.5, 0.6) is 0 Å². The van der Waals surface area contributed by atoms with Gasteiger partial charge in [0.2, 0.25) is 0 Å². The van der Waals surface area contributed by atoms with Gasteiger partial charge in [-0.05, 0) is 49.9 Å². The van der Waals surface area contributed by atoms with Crippen LogP contribution in [0.3, 0.4) is 0 Å². The van der Waals surface area contributed by atoms with Gasteiger partial charge in [-0.25, -0.2) is 9.78 Å². The number of urea groups is 1. The second kappa shape index (κ2) is 13.8. The molecule has 36 heavy (non-hydrogen) atoms. The minimum atomic E-state index is -0.184. The van der Waals surface area contributed by atoms with Gasteiger partial charge in [-0.15, -0.1) is 24.8 Å². The first kappa shape index (κ1) is 29.1. The van der Waals surface area contributed by atoms with Crippen molar-refractivity contribution in [2.24, 2.45) is 11.7 Å². The number of hydrogen-bond acceptors (Lipinski definition) is 7. The Balaban J connectivity index is 0.00000228. The lowest BCUT2D eigenvalue weighted by Gasteiger charge is -2.37. The Bertz CT molecular complexity index is 995. The molecule has 4 rings (SSSR count). The fourth-order valence-corrected chi connectivity index (χ4v) is 4.36. The molecule has 1 saturated heterocycles. The number of amidine groups is 1. The number of pyridine rings is 2. The minimum Gasteiger partial charge on any atom is -0.459 e. The standard InChI is InChI=1S/C24H31N7O3.2ClH/c25-22(26)18-6-9-21(28-15-18)30-11-13-31(14-12-30)24(33)29-19-7-4-17(5-8-19)23(32)34-16-20-3-1-2-10-27-20;;/h1-3,6,9-10,15,17,19H,4-5,7-8,11-14,16H2,(H3,25,26)(H,29,33);2*1H. The summed E-state index contributed by atoms with van der Waals surface area (Å²) >= 11 is 0. The van der Waals surface area contributed by atoms with Crippen LogP contribution < -0.4 is 16.0 Å². The quantitative estimate of drug-likeness (QED) is 0.292. The largest absolute Gasteiger partial charge is 0.459 e. The number of halogens is 2. The fraction of sp³-hybridized carbons (Fsp3) is 0.458. The van der Waals surface area contributed by atoms with Crippen LogP contribution in [0.15, 0.2) is 42.7 Å². The molecule has 2 aromatic heterocycles. The van der Waals surface area contributed by atoms with Gasteiger partial charge in [-0.2, -0.15) is 0 Å². The van der Waals surface area contributed by atoms with E-state index in [2.05, 4.69) is 20.2 Å². The van der Waals surface area contributed by atoms with Crippen molar-refractivity contribution in [2.75, 3.05) is 31.1 Å². The third kappa shape index (κ3) is 7.69. The molecule has 0 spiro atoms. The Morgan fingerprint density at radius 2 is 1.75 bits per heavy atom. The molecular weight excluding hydrogens is 505 g/mol. The van der Waals surface area contributed by atoms with Gasteiger partial charge in [0.1, 0.15) is 18.3 Å². The molecule has 2 amide bonds. The van der Waals surface area contributed by atoms with Crippen LogP contribution in [0.1, 0.15) is 36.9 Å². The number of hydrogen-bond donors (Lipinski definition) is 3. The number of carbonyl (C=O) groups is 2. The van der Waals surface area contributed by atoms with Gasteiger partial charge in [-0.3, -0.25) is 15.2 Å². The molecule has 2 aromatic rings. The van der Waals surface area contributed by atoms with E-state index in [9.17, 15) is 9.59 Å². The molecule has 10 nitrogen and oxygen atoms in total. The Labute approximate surface area is 223 Å². The maximum Gasteiger partial charge on any atom is 0.317 e. The molecule has 1 aliphatic heterocycles. The van der Waals surface area contributed by atoms with Gasteiger partial charge >= 0.3 is 12.0 Å². The van der Waals surface area contributed by atoms with Crippen LogP contribution in [0.2, 0.25) is 0 Å². The summed E-state index contributed by atoms with van der Waals surface area (Å²) in [5.74, 6) is 0.507. The first-order valence-electron chi connectivity index (χ1n) is 11.7. The van der Waals surface area contributed by atoms with Crippen molar-refractivity contribution in [1.82, 2.24) is 20.2 Å². The molecule has 0 atom stereocenters. The summed E-state index contributed by atoms with van der Waals surface area (Å²) in [5.41, 5.74) is 6.81. The Morgan fingerprint density at radius 3 is 2.33 bits per heavy atom. The number of amides is 2. The van der Waals surface area contributed by atoms with Crippen LogP contribution in [0.25, 0.3) is 0 Å². The topological polar surface area (TPSA) is 138 Å². The van der Waals surface area contributed by atoms with Crippen molar-refractivity contribution in [3.63, 3.8) is 0 Å². The molecule has 4 N–H and O–H groups in total. The van der Waals surface area contributed by atoms with Crippen LogP contribution >= 0.6 is 24.8 Å². The number of nitrogen functional groups attached to an aromatic ring is 1. The molecule has 3 heterocycles. The summed E-state index contributed by atoms with van der Waals surface area (Å²) < 4.78 is 5.42. The predicted molar refractivity (Wildman–Crippen MR) is 142 cm³/mol. The van der Waals surface area contributed by atoms with E-state index in [0.29, 0.717) is 44.6 Å². The lowest BCUT2D eigenvalue weighted by Crippen LogP contribution is -2.54. The van der Waals surface area contributed by atoms with Gasteiger partial charge < -0.3 is 25.6 Å². The second-order valence-electron chi connectivity index (χ2n) is 8.72. The van der Waals surface area contributed by atoms with E-state index in [1.165, 1.54) is 0 Å². The SMILES string of the molecule is Cl.Cl.N=C(N)c1ccc(N2CCN(C(=O)NC3CCC(C(=O)OCc4ccccn4)CC3)CC2)nc1. The maximum atomic E-state index is 12.7. The van der Waals surface area contributed by atoms with Crippen LogP contribution in [-0.2, 0) is 16.1 Å². The molecule has 196 valence electrons. The molecule has 12 heteroatoms. The smallest absolute Gasteiger partial charge is 0.317 e. The molecule has 0 unspecified atom stereocenters. The number of nitrogens with one attached hydrogen (secondary N) is 2. The number of nitrogens with zero attached hydrogens (tertiary/aromatic N) is 4. The molecule has 2 fully saturated rings. The Hall–Kier alpha value is -3.11. The van der Waals surface area contributed by atoms with Gasteiger partial charge in [0.05, 0.1) is 11.6 Å². The van der Waals surface area contributed by atoms with Crippen molar-refractivity contribution in [1.29, 1.82) is 5.41 Å². The number of aromatic nitrogens is 2. The first-order valence-corrected chi connectivity index (χ1v) is 11.7. The molecule has 1 saturated carbocycles. The zero-order valence-electron chi connectivity index (χ0n) is 20.0. The highest BCUT2D eigenvalue weighted by Crippen LogP contribution is 2.26. The summed E-state index contributed by atoms with van der Waals surface area (Å²) in [6, 6.07) is 9.19. The van der Waals surface area contributed by atoms with Crippen molar-refractivity contribution < 1.29 is 14.3 Å². The number of esters is 1. The zero-order valence-corrected chi connectivity index (χ0v) is 21.6. The van der Waals surface area contributed by atoms with E-state index in [4.69, 9.17) is 15.9 Å². The molecule has 1 aliphatic carbocycles. The van der Waals surface area contributed by atoms with Crippen molar-refractivity contribution in [3.05, 3.63) is 54.0 Å². The highest BCUT2D eigenvalue weighted by molar-refractivity contribution is 5.94. The summed E-state index contributed by atoms with van der Waals surface area (Å²) in [6.07, 6.45) is 6.23. The summed E-state index contributed by atoms with van der Waals surface area (Å²) in [5, 5.41) is 10.6. The molecule has 0 radical (unpaired) electrons. The van der Waals surface area contributed by atoms with Gasteiger partial charge in [0.25, 0.3) is 0 Å². The van der Waals surface area contributed by atoms with E-state index in [0.717, 1.165) is 24.4 Å². The molecule has 2 aliphatic rings. The lowest BCUT2D eigenvalue weighted by atomic mass is 9.86. The zero-order chi connectivity index (χ0) is 23.9. The minimum absolute atomic E-state index is 0. The van der Waals surface area contributed by atoms with E-state index >= 15 is 0 Å².